The Hall–Kier alpha value is -3.21. The van der Waals surface area contributed by atoms with Crippen LogP contribution in [-0.2, 0) is 0 Å². The van der Waals surface area contributed by atoms with Crippen LogP contribution in [0.5, 0.6) is 0 Å². The zero-order valence-electron chi connectivity index (χ0n) is 11.7. The number of anilines is 1. The lowest BCUT2D eigenvalue weighted by Crippen LogP contribution is -2.20. The number of hydrogen-bond donors (Lipinski definition) is 3. The predicted octanol–water partition coefficient (Wildman–Crippen LogP) is 1.84. The number of fused-ring (bicyclic) bond motifs is 1. The van der Waals surface area contributed by atoms with E-state index in [-0.39, 0.29) is 17.3 Å². The molecule has 0 unspecified atom stereocenters. The van der Waals surface area contributed by atoms with Crippen LogP contribution in [0.4, 0.5) is 5.69 Å². The van der Waals surface area contributed by atoms with Crippen molar-refractivity contribution in [1.29, 1.82) is 0 Å². The van der Waals surface area contributed by atoms with Gasteiger partial charge in [-0.3, -0.25) is 4.79 Å². The van der Waals surface area contributed by atoms with Crippen LogP contribution in [0.3, 0.4) is 0 Å². The molecule has 3 aromatic rings. The first kappa shape index (κ1) is 13.8. The molecule has 3 rings (SSSR count). The fraction of sp³-hybridized carbons (Fsp3) is 0. The second kappa shape index (κ2) is 4.96. The summed E-state index contributed by atoms with van der Waals surface area (Å²) in [4.78, 5) is 15.3. The Morgan fingerprint density at radius 3 is 2.82 bits per heavy atom. The number of rotatable bonds is 3. The Morgan fingerprint density at radius 1 is 1.32 bits per heavy atom. The van der Waals surface area contributed by atoms with Crippen molar-refractivity contribution >= 4 is 35.1 Å². The molecule has 0 radical (unpaired) electrons. The number of aromatic nitrogens is 1. The smallest absolute Gasteiger partial charge is 0.244 e. The third-order valence-corrected chi connectivity index (χ3v) is 3.26. The molecule has 0 saturated heterocycles. The van der Waals surface area contributed by atoms with Crippen LogP contribution >= 0.6 is 0 Å². The maximum Gasteiger partial charge on any atom is 0.244 e. The number of H-pyrrole nitrogens is 1. The summed E-state index contributed by atoms with van der Waals surface area (Å²) in [5, 5.41) is 11.1. The minimum atomic E-state index is -0.303. The monoisotopic (exact) mass is 294 g/mol. The third-order valence-electron chi connectivity index (χ3n) is 3.26. The lowest BCUT2D eigenvalue weighted by Gasteiger charge is -1.91. The summed E-state index contributed by atoms with van der Waals surface area (Å²) in [6, 6.07) is 8.41. The second-order valence-electron chi connectivity index (χ2n) is 4.99. The molecule has 0 aliphatic carbocycles. The highest BCUT2D eigenvalue weighted by Gasteiger charge is 2.16. The number of nitrogen functional groups attached to an aromatic ring is 1. The zero-order chi connectivity index (χ0) is 15.9. The van der Waals surface area contributed by atoms with Crippen molar-refractivity contribution in [3.8, 4) is 0 Å². The minimum Gasteiger partial charge on any atom is -0.509 e. The van der Waals surface area contributed by atoms with Crippen molar-refractivity contribution < 1.29 is 14.3 Å². The topological polar surface area (TPSA) is 92.2 Å². The number of benzene rings is 1. The molecule has 1 aromatic carbocycles. The first-order valence-corrected chi connectivity index (χ1v) is 6.55. The number of aliphatic hydroxyl groups excluding tert-OH is 1. The lowest BCUT2D eigenvalue weighted by atomic mass is 10.2. The van der Waals surface area contributed by atoms with Crippen LogP contribution in [0, 0.1) is 0 Å². The summed E-state index contributed by atoms with van der Waals surface area (Å²) in [7, 11) is 0. The minimum absolute atomic E-state index is 0.109. The Kier molecular flexibility index (Phi) is 3.10. The Labute approximate surface area is 125 Å². The summed E-state index contributed by atoms with van der Waals surface area (Å²) < 4.78 is 5.55. The van der Waals surface area contributed by atoms with Crippen LogP contribution < -0.4 is 16.3 Å². The summed E-state index contributed by atoms with van der Waals surface area (Å²) in [6.07, 6.45) is 1.43. The van der Waals surface area contributed by atoms with E-state index in [4.69, 9.17) is 10.2 Å². The first-order chi connectivity index (χ1) is 10.4. The number of hydrogen-bond acceptors (Lipinski definition) is 4. The van der Waals surface area contributed by atoms with Crippen molar-refractivity contribution in [2.45, 2.75) is 0 Å². The van der Waals surface area contributed by atoms with Gasteiger partial charge in [0.1, 0.15) is 11.3 Å². The Bertz CT molecular complexity index is 1010. The second-order valence-corrected chi connectivity index (χ2v) is 4.99. The average Bonchev–Trinajstić information content (AvgIpc) is 3.01. The highest BCUT2D eigenvalue weighted by Crippen LogP contribution is 2.22. The largest absolute Gasteiger partial charge is 0.509 e. The third kappa shape index (κ3) is 2.40. The van der Waals surface area contributed by atoms with Gasteiger partial charge in [0, 0.05) is 21.6 Å². The molecule has 0 spiro atoms. The van der Waals surface area contributed by atoms with Crippen molar-refractivity contribution in [1.82, 2.24) is 4.98 Å². The summed E-state index contributed by atoms with van der Waals surface area (Å²) in [6.45, 7) is 7.17. The van der Waals surface area contributed by atoms with Crippen LogP contribution in [0.2, 0.25) is 0 Å². The van der Waals surface area contributed by atoms with E-state index in [1.54, 1.807) is 30.3 Å². The SMILES string of the molecule is C=C(O)/C=c1/cc(C(=O)c2cc3cc(N)ccc3o2)[nH]c1=C. The molecular weight excluding hydrogens is 280 g/mol. The molecule has 0 aliphatic rings. The van der Waals surface area contributed by atoms with Crippen molar-refractivity contribution in [3.63, 3.8) is 0 Å². The number of nitrogens with two attached hydrogens (primary N) is 1. The molecule has 0 fully saturated rings. The zero-order valence-corrected chi connectivity index (χ0v) is 11.7. The van der Waals surface area contributed by atoms with E-state index in [1.165, 1.54) is 6.08 Å². The van der Waals surface area contributed by atoms with Crippen LogP contribution in [0.15, 0.2) is 47.1 Å². The molecule has 5 nitrogen and oxygen atoms in total. The highest BCUT2D eigenvalue weighted by molar-refractivity contribution is 6.08. The van der Waals surface area contributed by atoms with E-state index in [9.17, 15) is 9.90 Å². The van der Waals surface area contributed by atoms with Crippen molar-refractivity contribution in [3.05, 3.63) is 64.7 Å². The number of aromatic amines is 1. The van der Waals surface area contributed by atoms with E-state index in [0.29, 0.717) is 27.5 Å². The number of carbonyl (C=O) groups is 1. The van der Waals surface area contributed by atoms with Gasteiger partial charge < -0.3 is 20.2 Å². The molecular formula is C17H14N2O3. The highest BCUT2D eigenvalue weighted by atomic mass is 16.3. The fourth-order valence-corrected chi connectivity index (χ4v) is 2.25. The molecule has 22 heavy (non-hydrogen) atoms. The van der Waals surface area contributed by atoms with Gasteiger partial charge in [0.2, 0.25) is 5.78 Å². The Balaban J connectivity index is 2.06. The summed E-state index contributed by atoms with van der Waals surface area (Å²) >= 11 is 0. The Morgan fingerprint density at radius 2 is 2.09 bits per heavy atom. The van der Waals surface area contributed by atoms with Crippen LogP contribution in [0.1, 0.15) is 16.2 Å². The van der Waals surface area contributed by atoms with Gasteiger partial charge in [0.05, 0.1) is 5.69 Å². The number of ketones is 1. The fourth-order valence-electron chi connectivity index (χ4n) is 2.25. The van der Waals surface area contributed by atoms with Crippen LogP contribution in [-0.4, -0.2) is 15.9 Å². The van der Waals surface area contributed by atoms with Gasteiger partial charge in [0.25, 0.3) is 0 Å². The van der Waals surface area contributed by atoms with Gasteiger partial charge in [-0.25, -0.2) is 0 Å². The van der Waals surface area contributed by atoms with E-state index < -0.39 is 0 Å². The maximum absolute atomic E-state index is 12.5. The van der Waals surface area contributed by atoms with E-state index >= 15 is 0 Å². The van der Waals surface area contributed by atoms with Crippen LogP contribution in [0.25, 0.3) is 23.6 Å². The summed E-state index contributed by atoms with van der Waals surface area (Å²) in [5.74, 6) is -0.207. The van der Waals surface area contributed by atoms with Gasteiger partial charge >= 0.3 is 0 Å². The molecule has 0 amide bonds. The number of furan rings is 1. The molecule has 110 valence electrons. The molecule has 4 N–H and O–H groups in total. The van der Waals surface area contributed by atoms with Gasteiger partial charge in [0.15, 0.2) is 5.76 Å². The van der Waals surface area contributed by atoms with Crippen molar-refractivity contribution in [2.24, 2.45) is 0 Å². The van der Waals surface area contributed by atoms with E-state index in [2.05, 4.69) is 18.1 Å². The van der Waals surface area contributed by atoms with E-state index in [1.807, 2.05) is 0 Å². The standard InChI is InChI=1S/C17H14N2O3/c1-9(20)5-11-7-14(19-10(11)2)17(21)16-8-12-6-13(18)3-4-15(12)22-16/h3-8,19-20H,1-2,18H2/b11-5-. The van der Waals surface area contributed by atoms with E-state index in [0.717, 1.165) is 5.39 Å². The molecule has 0 aliphatic heterocycles. The molecule has 5 heteroatoms. The van der Waals surface area contributed by atoms with Crippen molar-refractivity contribution in [2.75, 3.05) is 5.73 Å². The molecule has 2 aromatic heterocycles. The number of allylic oxidation sites excluding steroid dienone is 1. The van der Waals surface area contributed by atoms with Gasteiger partial charge in [-0.05, 0) is 36.4 Å². The molecule has 0 saturated carbocycles. The van der Waals surface area contributed by atoms with Gasteiger partial charge in [-0.15, -0.1) is 0 Å². The average molecular weight is 294 g/mol. The van der Waals surface area contributed by atoms with Gasteiger partial charge in [-0.2, -0.15) is 0 Å². The summed E-state index contributed by atoms with van der Waals surface area (Å²) in [5.41, 5.74) is 7.23. The number of carbonyl (C=O) groups excluding carboxylic acids is 1. The number of nitrogens with one attached hydrogen (secondary N) is 1. The molecule has 2 heterocycles. The lowest BCUT2D eigenvalue weighted by molar-refractivity contribution is 0.101. The number of aliphatic hydroxyl groups is 1. The molecule has 0 bridgehead atoms. The normalized spacial score (nSPS) is 11.9. The molecule has 0 atom stereocenters. The predicted molar refractivity (Wildman–Crippen MR) is 85.9 cm³/mol. The van der Waals surface area contributed by atoms with Gasteiger partial charge in [-0.1, -0.05) is 13.2 Å². The quantitative estimate of drug-likeness (QED) is 0.390. The maximum atomic E-state index is 12.5. The first-order valence-electron chi connectivity index (χ1n) is 6.55.